The monoisotopic (exact) mass is 207 g/mol. The Hall–Kier alpha value is -1.30. The summed E-state index contributed by atoms with van der Waals surface area (Å²) in [6, 6.07) is 0. The molecule has 0 fully saturated rings. The lowest BCUT2D eigenvalue weighted by Gasteiger charge is -2.08. The molecule has 0 aliphatic carbocycles. The first kappa shape index (κ1) is 9.79. The maximum absolute atomic E-state index is 12.5. The van der Waals surface area contributed by atoms with Crippen LogP contribution in [0, 0.1) is 0 Å². The van der Waals surface area contributed by atoms with Crippen molar-refractivity contribution in [3.8, 4) is 0 Å². The zero-order valence-electron chi connectivity index (χ0n) is 6.17. The molecular formula is C6H4ClF2N3O. The third-order valence-corrected chi connectivity index (χ3v) is 1.43. The van der Waals surface area contributed by atoms with E-state index in [0.29, 0.717) is 0 Å². The number of aromatic nitrogens is 2. The van der Waals surface area contributed by atoms with Crippen molar-refractivity contribution in [2.75, 3.05) is 0 Å². The molecular weight excluding hydrogens is 204 g/mol. The highest BCUT2D eigenvalue weighted by Crippen LogP contribution is 2.32. The van der Waals surface area contributed by atoms with Gasteiger partial charge in [0, 0.05) is 6.20 Å². The molecule has 1 heterocycles. The van der Waals surface area contributed by atoms with Crippen LogP contribution in [-0.2, 0) is 5.38 Å². The van der Waals surface area contributed by atoms with E-state index in [4.69, 9.17) is 5.73 Å². The summed E-state index contributed by atoms with van der Waals surface area (Å²) < 4.78 is 25.1. The molecule has 0 atom stereocenters. The Bertz CT molecular complexity index is 339. The van der Waals surface area contributed by atoms with Crippen molar-refractivity contribution in [3.63, 3.8) is 0 Å². The van der Waals surface area contributed by atoms with Crippen LogP contribution in [0.3, 0.4) is 0 Å². The van der Waals surface area contributed by atoms with E-state index in [0.717, 1.165) is 12.5 Å². The van der Waals surface area contributed by atoms with Crippen molar-refractivity contribution in [2.45, 2.75) is 5.38 Å². The van der Waals surface area contributed by atoms with E-state index in [2.05, 4.69) is 21.6 Å². The normalized spacial score (nSPS) is 11.3. The Morgan fingerprint density at radius 1 is 1.62 bits per heavy atom. The summed E-state index contributed by atoms with van der Waals surface area (Å²) >= 11 is 4.68. The summed E-state index contributed by atoms with van der Waals surface area (Å²) in [6.45, 7) is 0. The first-order valence-corrected chi connectivity index (χ1v) is 3.47. The fourth-order valence-electron chi connectivity index (χ4n) is 0.736. The van der Waals surface area contributed by atoms with Gasteiger partial charge < -0.3 is 5.73 Å². The molecule has 1 rings (SSSR count). The van der Waals surface area contributed by atoms with Crippen LogP contribution in [0.1, 0.15) is 16.1 Å². The standard InChI is InChI=1S/C6H4ClF2N3O/c7-6(8,9)4-3(5(10)13)1-11-2-12-4/h1-2H,(H2,10,13). The molecule has 0 bridgehead atoms. The summed E-state index contributed by atoms with van der Waals surface area (Å²) in [5.74, 6) is -1.05. The molecule has 0 spiro atoms. The molecule has 13 heavy (non-hydrogen) atoms. The van der Waals surface area contributed by atoms with E-state index >= 15 is 0 Å². The van der Waals surface area contributed by atoms with Gasteiger partial charge in [-0.1, -0.05) is 0 Å². The number of rotatable bonds is 2. The molecule has 0 unspecified atom stereocenters. The van der Waals surface area contributed by atoms with Gasteiger partial charge in [0.15, 0.2) is 0 Å². The minimum atomic E-state index is -3.71. The summed E-state index contributed by atoms with van der Waals surface area (Å²) in [6.07, 6.45) is 1.75. The van der Waals surface area contributed by atoms with Crippen LogP contribution in [0.5, 0.6) is 0 Å². The second-order valence-electron chi connectivity index (χ2n) is 2.15. The van der Waals surface area contributed by atoms with Crippen molar-refractivity contribution in [3.05, 3.63) is 23.8 Å². The van der Waals surface area contributed by atoms with E-state index in [9.17, 15) is 13.6 Å². The first-order valence-electron chi connectivity index (χ1n) is 3.10. The van der Waals surface area contributed by atoms with Gasteiger partial charge in [-0.05, 0) is 11.6 Å². The summed E-state index contributed by atoms with van der Waals surface area (Å²) in [5, 5.41) is -3.71. The Labute approximate surface area is 76.7 Å². The number of carbonyl (C=O) groups excluding carboxylic acids is 1. The summed E-state index contributed by atoms with van der Waals surface area (Å²) in [7, 11) is 0. The molecule has 2 N–H and O–H groups in total. The minimum absolute atomic E-state index is 0.484. The second kappa shape index (κ2) is 3.21. The number of alkyl halides is 3. The van der Waals surface area contributed by atoms with Gasteiger partial charge in [-0.25, -0.2) is 9.97 Å². The Balaban J connectivity index is 3.28. The lowest BCUT2D eigenvalue weighted by atomic mass is 10.2. The van der Waals surface area contributed by atoms with Crippen LogP contribution < -0.4 is 5.73 Å². The molecule has 1 aromatic rings. The van der Waals surface area contributed by atoms with Gasteiger partial charge in [0.1, 0.15) is 12.0 Å². The number of carbonyl (C=O) groups is 1. The fourth-order valence-corrected chi connectivity index (χ4v) is 0.886. The molecule has 0 aromatic carbocycles. The Morgan fingerprint density at radius 2 is 2.23 bits per heavy atom. The number of nitrogens with zero attached hydrogens (tertiary/aromatic N) is 2. The van der Waals surface area contributed by atoms with Crippen molar-refractivity contribution >= 4 is 17.5 Å². The van der Waals surface area contributed by atoms with Gasteiger partial charge in [0.05, 0.1) is 5.56 Å². The molecule has 0 aliphatic heterocycles. The maximum Gasteiger partial charge on any atom is 0.365 e. The first-order chi connectivity index (χ1) is 5.93. The van der Waals surface area contributed by atoms with Gasteiger partial charge >= 0.3 is 5.38 Å². The van der Waals surface area contributed by atoms with Gasteiger partial charge in [0.25, 0.3) is 5.91 Å². The van der Waals surface area contributed by atoms with Crippen molar-refractivity contribution in [1.29, 1.82) is 0 Å². The minimum Gasteiger partial charge on any atom is -0.365 e. The quantitative estimate of drug-likeness (QED) is 0.732. The summed E-state index contributed by atoms with van der Waals surface area (Å²) in [5.41, 5.74) is 3.44. The van der Waals surface area contributed by atoms with Crippen LogP contribution in [0.4, 0.5) is 8.78 Å². The number of halogens is 3. The van der Waals surface area contributed by atoms with Crippen molar-refractivity contribution in [2.24, 2.45) is 5.73 Å². The fraction of sp³-hybridized carbons (Fsp3) is 0.167. The third kappa shape index (κ3) is 2.09. The van der Waals surface area contributed by atoms with Crippen LogP contribution in [0.25, 0.3) is 0 Å². The van der Waals surface area contributed by atoms with E-state index in [-0.39, 0.29) is 0 Å². The van der Waals surface area contributed by atoms with Crippen LogP contribution in [0.2, 0.25) is 0 Å². The number of hydrogen-bond acceptors (Lipinski definition) is 3. The maximum atomic E-state index is 12.5. The predicted octanol–water partition coefficient (Wildman–Crippen LogP) is 0.864. The second-order valence-corrected chi connectivity index (χ2v) is 2.62. The van der Waals surface area contributed by atoms with Gasteiger partial charge in [-0.2, -0.15) is 8.78 Å². The van der Waals surface area contributed by atoms with Gasteiger partial charge in [-0.3, -0.25) is 4.79 Å². The average Bonchev–Trinajstić information content (AvgIpc) is 2.03. The highest BCUT2D eigenvalue weighted by atomic mass is 35.5. The highest BCUT2D eigenvalue weighted by molar-refractivity contribution is 6.22. The molecule has 0 saturated carbocycles. The predicted molar refractivity (Wildman–Crippen MR) is 40.3 cm³/mol. The SMILES string of the molecule is NC(=O)c1cncnc1C(F)(F)Cl. The molecule has 0 saturated heterocycles. The molecule has 0 radical (unpaired) electrons. The number of nitrogens with two attached hydrogens (primary N) is 1. The van der Waals surface area contributed by atoms with Crippen LogP contribution in [0.15, 0.2) is 12.5 Å². The van der Waals surface area contributed by atoms with E-state index in [1.807, 2.05) is 0 Å². The molecule has 0 aliphatic rings. The van der Waals surface area contributed by atoms with E-state index in [1.165, 1.54) is 0 Å². The smallest absolute Gasteiger partial charge is 0.365 e. The van der Waals surface area contributed by atoms with E-state index < -0.39 is 22.5 Å². The molecule has 1 amide bonds. The average molecular weight is 208 g/mol. The molecule has 4 nitrogen and oxygen atoms in total. The van der Waals surface area contributed by atoms with E-state index in [1.54, 1.807) is 0 Å². The lowest BCUT2D eigenvalue weighted by molar-refractivity contribution is 0.0842. The zero-order valence-corrected chi connectivity index (χ0v) is 6.92. The molecule has 7 heteroatoms. The van der Waals surface area contributed by atoms with Gasteiger partial charge in [0.2, 0.25) is 0 Å². The lowest BCUT2D eigenvalue weighted by Crippen LogP contribution is -2.20. The van der Waals surface area contributed by atoms with Gasteiger partial charge in [-0.15, -0.1) is 0 Å². The highest BCUT2D eigenvalue weighted by Gasteiger charge is 2.34. The Kier molecular flexibility index (Phi) is 2.42. The molecule has 70 valence electrons. The number of hydrogen-bond donors (Lipinski definition) is 1. The van der Waals surface area contributed by atoms with Crippen molar-refractivity contribution < 1.29 is 13.6 Å². The summed E-state index contributed by atoms with van der Waals surface area (Å²) in [4.78, 5) is 17.2. The zero-order chi connectivity index (χ0) is 10.1. The number of amides is 1. The topological polar surface area (TPSA) is 68.9 Å². The van der Waals surface area contributed by atoms with Crippen molar-refractivity contribution in [1.82, 2.24) is 9.97 Å². The number of primary amides is 1. The Morgan fingerprint density at radius 3 is 2.62 bits per heavy atom. The van der Waals surface area contributed by atoms with Crippen LogP contribution in [-0.4, -0.2) is 15.9 Å². The third-order valence-electron chi connectivity index (χ3n) is 1.25. The molecule has 1 aromatic heterocycles. The largest absolute Gasteiger partial charge is 0.365 e. The van der Waals surface area contributed by atoms with Crippen LogP contribution >= 0.6 is 11.6 Å².